The van der Waals surface area contributed by atoms with Crippen LogP contribution in [0, 0.1) is 0 Å². The molecule has 0 spiro atoms. The van der Waals surface area contributed by atoms with E-state index in [0.717, 1.165) is 0 Å². The molecule has 0 saturated carbocycles. The predicted molar refractivity (Wildman–Crippen MR) is 46.6 cm³/mol. The van der Waals surface area contributed by atoms with Crippen molar-refractivity contribution in [2.75, 3.05) is 0 Å². The SMILES string of the molecule is FC(F)=C(F)OC(F)(F)C(F)(F)OC(F)(F)OC(F)(F)OC(F)(F)OC(F)(F)F. The summed E-state index contributed by atoms with van der Waals surface area (Å²) in [5, 5.41) is 0. The number of alkyl halides is 13. The molecule has 0 radical (unpaired) electrons. The Morgan fingerprint density at radius 2 is 0.793 bits per heavy atom. The summed E-state index contributed by atoms with van der Waals surface area (Å²) in [4.78, 5) is 0. The summed E-state index contributed by atoms with van der Waals surface area (Å²) in [7, 11) is 0. The Balaban J connectivity index is 5.36. The van der Waals surface area contributed by atoms with Crippen LogP contribution in [0.1, 0.15) is 0 Å². The Morgan fingerprint density at radius 3 is 1.14 bits per heavy atom. The fraction of sp³-hybridized carbons (Fsp3) is 0.750. The van der Waals surface area contributed by atoms with E-state index in [4.69, 9.17) is 0 Å². The van der Waals surface area contributed by atoms with E-state index >= 15 is 0 Å². The lowest BCUT2D eigenvalue weighted by molar-refractivity contribution is -0.618. The average molecular weight is 480 g/mol. The van der Waals surface area contributed by atoms with E-state index in [9.17, 15) is 70.2 Å². The van der Waals surface area contributed by atoms with Crippen LogP contribution in [0.2, 0.25) is 0 Å². The highest BCUT2D eigenvalue weighted by atomic mass is 19.4. The van der Waals surface area contributed by atoms with Crippen molar-refractivity contribution in [2.24, 2.45) is 0 Å². The second-order valence-corrected chi connectivity index (χ2v) is 3.91. The summed E-state index contributed by atoms with van der Waals surface area (Å²) in [6.45, 7) is 0. The van der Waals surface area contributed by atoms with Crippen LogP contribution in [0.5, 0.6) is 0 Å². The minimum absolute atomic E-state index is 1.59. The van der Waals surface area contributed by atoms with Crippen LogP contribution in [-0.4, -0.2) is 37.5 Å². The first kappa shape index (κ1) is 27.3. The van der Waals surface area contributed by atoms with E-state index < -0.39 is 49.6 Å². The van der Waals surface area contributed by atoms with Crippen LogP contribution < -0.4 is 0 Å². The van der Waals surface area contributed by atoms with Crippen molar-refractivity contribution >= 4 is 0 Å². The highest BCUT2D eigenvalue weighted by Gasteiger charge is 2.68. The Kier molecular flexibility index (Phi) is 7.69. The molecule has 0 atom stereocenters. The van der Waals surface area contributed by atoms with E-state index in [1.54, 1.807) is 18.9 Å². The van der Waals surface area contributed by atoms with Gasteiger partial charge < -0.3 is 4.74 Å². The zero-order valence-electron chi connectivity index (χ0n) is 12.1. The largest absolute Gasteiger partial charge is 0.529 e. The van der Waals surface area contributed by atoms with Crippen molar-refractivity contribution in [3.05, 3.63) is 12.1 Å². The molecule has 0 bridgehead atoms. The van der Waals surface area contributed by atoms with Crippen molar-refractivity contribution in [2.45, 2.75) is 37.5 Å². The molecule has 0 amide bonds. The maximum absolute atomic E-state index is 12.8. The molecule has 0 N–H and O–H groups in total. The van der Waals surface area contributed by atoms with Gasteiger partial charge in [0.2, 0.25) is 0 Å². The van der Waals surface area contributed by atoms with E-state index in [0.29, 0.717) is 0 Å². The van der Waals surface area contributed by atoms with Crippen LogP contribution in [0.4, 0.5) is 70.2 Å². The van der Waals surface area contributed by atoms with Gasteiger partial charge in [-0.2, -0.15) is 35.5 Å². The first-order valence-corrected chi connectivity index (χ1v) is 5.56. The number of hydrogen-bond acceptors (Lipinski definition) is 5. The van der Waals surface area contributed by atoms with E-state index in [-0.39, 0.29) is 0 Å². The van der Waals surface area contributed by atoms with Gasteiger partial charge in [-0.15, -0.1) is 39.5 Å². The Labute approximate surface area is 145 Å². The summed E-state index contributed by atoms with van der Waals surface area (Å²) >= 11 is 0. The minimum Gasteiger partial charge on any atom is -0.396 e. The predicted octanol–water partition coefficient (Wildman–Crippen LogP) is 5.46. The Hall–Kier alpha value is -1.74. The van der Waals surface area contributed by atoms with Crippen molar-refractivity contribution in [3.63, 3.8) is 0 Å². The second-order valence-electron chi connectivity index (χ2n) is 3.91. The van der Waals surface area contributed by atoms with Crippen LogP contribution in [0.3, 0.4) is 0 Å². The van der Waals surface area contributed by atoms with Gasteiger partial charge in [0.25, 0.3) is 0 Å². The molecule has 0 fully saturated rings. The van der Waals surface area contributed by atoms with Gasteiger partial charge in [-0.3, -0.25) is 0 Å². The van der Waals surface area contributed by atoms with E-state index in [1.807, 2.05) is 4.74 Å². The highest BCUT2D eigenvalue weighted by Crippen LogP contribution is 2.44. The van der Waals surface area contributed by atoms with E-state index in [1.165, 1.54) is 0 Å². The first-order chi connectivity index (χ1) is 12.4. The lowest BCUT2D eigenvalue weighted by Crippen LogP contribution is -2.51. The van der Waals surface area contributed by atoms with Gasteiger partial charge >= 0.3 is 49.6 Å². The Morgan fingerprint density at radius 1 is 0.448 bits per heavy atom. The molecule has 5 nitrogen and oxygen atoms in total. The third-order valence-electron chi connectivity index (χ3n) is 1.66. The van der Waals surface area contributed by atoms with Gasteiger partial charge in [-0.05, 0) is 0 Å². The van der Waals surface area contributed by atoms with Gasteiger partial charge in [0.1, 0.15) is 0 Å². The van der Waals surface area contributed by atoms with Crippen molar-refractivity contribution in [1.82, 2.24) is 0 Å². The van der Waals surface area contributed by atoms with Crippen LogP contribution in [-0.2, 0) is 23.7 Å². The van der Waals surface area contributed by atoms with Crippen molar-refractivity contribution < 1.29 is 93.9 Å². The molecular weight excluding hydrogens is 480 g/mol. The summed E-state index contributed by atoms with van der Waals surface area (Å²) in [5.74, 6) is 0. The maximum Gasteiger partial charge on any atom is 0.529 e. The van der Waals surface area contributed by atoms with E-state index in [2.05, 4.69) is 0 Å². The first-order valence-electron chi connectivity index (χ1n) is 5.56. The minimum atomic E-state index is -7.00. The fourth-order valence-electron chi connectivity index (χ4n) is 0.893. The average Bonchev–Trinajstić information content (AvgIpc) is 2.28. The molecule has 0 aliphatic heterocycles. The molecule has 0 aromatic carbocycles. The summed E-state index contributed by atoms with van der Waals surface area (Å²) < 4.78 is 204. The number of halogens is 16. The van der Waals surface area contributed by atoms with Crippen LogP contribution >= 0.6 is 0 Å². The molecule has 0 aromatic heterocycles. The smallest absolute Gasteiger partial charge is 0.396 e. The molecule has 0 aromatic rings. The molecule has 0 aliphatic rings. The molecule has 29 heavy (non-hydrogen) atoms. The molecule has 0 unspecified atom stereocenters. The van der Waals surface area contributed by atoms with Crippen LogP contribution in [0.15, 0.2) is 12.1 Å². The van der Waals surface area contributed by atoms with Crippen LogP contribution in [0.25, 0.3) is 0 Å². The summed E-state index contributed by atoms with van der Waals surface area (Å²) in [6.07, 6.45) is -44.1. The van der Waals surface area contributed by atoms with Gasteiger partial charge in [0, 0.05) is 0 Å². The number of ether oxygens (including phenoxy) is 5. The highest BCUT2D eigenvalue weighted by molar-refractivity contribution is 4.84. The summed E-state index contributed by atoms with van der Waals surface area (Å²) in [6, 6.07) is -3.76. The van der Waals surface area contributed by atoms with Gasteiger partial charge in [0.05, 0.1) is 0 Å². The zero-order chi connectivity index (χ0) is 23.7. The lowest BCUT2D eigenvalue weighted by atomic mass is 10.5. The zero-order valence-corrected chi connectivity index (χ0v) is 12.1. The maximum atomic E-state index is 12.8. The second kappa shape index (κ2) is 8.18. The van der Waals surface area contributed by atoms with Gasteiger partial charge in [0.15, 0.2) is 0 Å². The standard InChI is InChI=1S/C8F16O5/c9-1(10)2(11)25-3(12,13)4(14,15)26-6(19,20)28-8(23,24)29-7(21,22)27-5(16,17)18. The normalized spacial score (nSPS) is 14.8. The number of hydrogen-bond donors (Lipinski definition) is 0. The van der Waals surface area contributed by atoms with Crippen molar-refractivity contribution in [3.8, 4) is 0 Å². The molecule has 174 valence electrons. The fourth-order valence-corrected chi connectivity index (χ4v) is 0.893. The van der Waals surface area contributed by atoms with Gasteiger partial charge in [-0.1, -0.05) is 0 Å². The number of rotatable bonds is 10. The molecule has 0 rings (SSSR count). The topological polar surface area (TPSA) is 46.2 Å². The molecule has 0 aliphatic carbocycles. The summed E-state index contributed by atoms with van der Waals surface area (Å²) in [5.41, 5.74) is 0. The van der Waals surface area contributed by atoms with Crippen molar-refractivity contribution in [1.29, 1.82) is 0 Å². The molecule has 0 heterocycles. The van der Waals surface area contributed by atoms with Gasteiger partial charge in [-0.25, -0.2) is 14.2 Å². The molecule has 0 saturated heterocycles. The molecular formula is C8F16O5. The quantitative estimate of drug-likeness (QED) is 0.236. The third kappa shape index (κ3) is 9.54. The Bertz CT molecular complexity index is 593. The molecule has 21 heteroatoms. The lowest BCUT2D eigenvalue weighted by Gasteiger charge is -2.30. The third-order valence-corrected chi connectivity index (χ3v) is 1.66. The monoisotopic (exact) mass is 480 g/mol.